The summed E-state index contributed by atoms with van der Waals surface area (Å²) >= 11 is 5.89. The molecule has 1 atom stereocenters. The van der Waals surface area contributed by atoms with Gasteiger partial charge in [-0.2, -0.15) is 0 Å². The van der Waals surface area contributed by atoms with Gasteiger partial charge < -0.3 is 10.6 Å². The second kappa shape index (κ2) is 7.25. The maximum Gasteiger partial charge on any atom is 0.221 e. The number of hydrogen-bond acceptors (Lipinski definition) is 2. The molecule has 0 heterocycles. The first-order valence-corrected chi connectivity index (χ1v) is 7.28. The number of anilines is 1. The maximum absolute atomic E-state index is 11.0. The van der Waals surface area contributed by atoms with E-state index in [0.717, 1.165) is 17.3 Å². The molecule has 0 fully saturated rings. The van der Waals surface area contributed by atoms with Crippen LogP contribution in [0.5, 0.6) is 0 Å². The average molecular weight is 303 g/mol. The van der Waals surface area contributed by atoms with E-state index in [9.17, 15) is 4.79 Å². The molecule has 2 aromatic rings. The lowest BCUT2D eigenvalue weighted by Crippen LogP contribution is -2.18. The average Bonchev–Trinajstić information content (AvgIpc) is 2.46. The van der Waals surface area contributed by atoms with E-state index < -0.39 is 0 Å². The van der Waals surface area contributed by atoms with Crippen molar-refractivity contribution in [2.75, 3.05) is 5.32 Å². The second-order valence-corrected chi connectivity index (χ2v) is 5.47. The van der Waals surface area contributed by atoms with E-state index in [1.54, 1.807) is 0 Å². The van der Waals surface area contributed by atoms with Crippen molar-refractivity contribution in [1.29, 1.82) is 0 Å². The van der Waals surface area contributed by atoms with E-state index in [-0.39, 0.29) is 11.9 Å². The zero-order chi connectivity index (χ0) is 15.2. The molecule has 3 nitrogen and oxygen atoms in total. The molecule has 0 bridgehead atoms. The molecular formula is C17H19ClN2O. The van der Waals surface area contributed by atoms with Gasteiger partial charge in [0.25, 0.3) is 0 Å². The van der Waals surface area contributed by atoms with E-state index in [1.165, 1.54) is 18.1 Å². The Hall–Kier alpha value is -1.84. The zero-order valence-corrected chi connectivity index (χ0v) is 12.9. The summed E-state index contributed by atoms with van der Waals surface area (Å²) in [6.45, 7) is 4.39. The van der Waals surface area contributed by atoms with Gasteiger partial charge in [-0.15, -0.1) is 0 Å². The molecule has 21 heavy (non-hydrogen) atoms. The van der Waals surface area contributed by atoms with Gasteiger partial charge >= 0.3 is 0 Å². The van der Waals surface area contributed by atoms with E-state index in [4.69, 9.17) is 11.6 Å². The van der Waals surface area contributed by atoms with Crippen LogP contribution in [0, 0.1) is 0 Å². The summed E-state index contributed by atoms with van der Waals surface area (Å²) in [7, 11) is 0. The molecule has 1 unspecified atom stereocenters. The number of rotatable bonds is 5. The van der Waals surface area contributed by atoms with Crippen LogP contribution in [0.2, 0.25) is 5.02 Å². The van der Waals surface area contributed by atoms with Gasteiger partial charge in [0.2, 0.25) is 5.91 Å². The van der Waals surface area contributed by atoms with Crippen LogP contribution in [-0.4, -0.2) is 5.91 Å². The monoisotopic (exact) mass is 302 g/mol. The lowest BCUT2D eigenvalue weighted by molar-refractivity contribution is -0.114. The summed E-state index contributed by atoms with van der Waals surface area (Å²) < 4.78 is 0. The summed E-state index contributed by atoms with van der Waals surface area (Å²) in [6.07, 6.45) is 0. The number of benzene rings is 2. The van der Waals surface area contributed by atoms with E-state index in [2.05, 4.69) is 17.6 Å². The van der Waals surface area contributed by atoms with Crippen LogP contribution in [0.1, 0.15) is 31.0 Å². The predicted molar refractivity (Wildman–Crippen MR) is 87.5 cm³/mol. The smallest absolute Gasteiger partial charge is 0.221 e. The Morgan fingerprint density at radius 1 is 1.10 bits per heavy atom. The Bertz CT molecular complexity index is 593. The molecule has 110 valence electrons. The van der Waals surface area contributed by atoms with Crippen LogP contribution in [0.3, 0.4) is 0 Å². The van der Waals surface area contributed by atoms with Gasteiger partial charge in [-0.05, 0) is 42.3 Å². The fourth-order valence-corrected chi connectivity index (χ4v) is 2.18. The minimum absolute atomic E-state index is 0.0581. The predicted octanol–water partition coefficient (Wildman–Crippen LogP) is 4.15. The van der Waals surface area contributed by atoms with Crippen molar-refractivity contribution in [2.45, 2.75) is 26.4 Å². The highest BCUT2D eigenvalue weighted by molar-refractivity contribution is 6.30. The standard InChI is InChI=1S/C17H19ClN2O/c1-12(15-5-7-16(18)8-6-15)19-11-14-3-9-17(10-4-14)20-13(2)21/h3-10,12,19H,11H2,1-2H3,(H,20,21). The van der Waals surface area contributed by atoms with Crippen LogP contribution < -0.4 is 10.6 Å². The van der Waals surface area contributed by atoms with Gasteiger partial charge in [0.15, 0.2) is 0 Å². The Balaban J connectivity index is 1.90. The molecule has 0 saturated heterocycles. The van der Waals surface area contributed by atoms with Crippen LogP contribution in [0.15, 0.2) is 48.5 Å². The highest BCUT2D eigenvalue weighted by Crippen LogP contribution is 2.17. The van der Waals surface area contributed by atoms with Crippen molar-refractivity contribution in [3.8, 4) is 0 Å². The second-order valence-electron chi connectivity index (χ2n) is 5.03. The van der Waals surface area contributed by atoms with Crippen molar-refractivity contribution >= 4 is 23.2 Å². The molecule has 0 aliphatic heterocycles. The zero-order valence-electron chi connectivity index (χ0n) is 12.2. The van der Waals surface area contributed by atoms with E-state index >= 15 is 0 Å². The number of carbonyl (C=O) groups excluding carboxylic acids is 1. The van der Waals surface area contributed by atoms with Crippen molar-refractivity contribution in [2.24, 2.45) is 0 Å². The van der Waals surface area contributed by atoms with Gasteiger partial charge in [0.05, 0.1) is 0 Å². The van der Waals surface area contributed by atoms with Gasteiger partial charge in [0.1, 0.15) is 0 Å². The number of nitrogens with one attached hydrogen (secondary N) is 2. The Labute approximate surface area is 130 Å². The summed E-state index contributed by atoms with van der Waals surface area (Å²) in [6, 6.07) is 15.9. The minimum atomic E-state index is -0.0581. The summed E-state index contributed by atoms with van der Waals surface area (Å²) in [4.78, 5) is 11.0. The van der Waals surface area contributed by atoms with Crippen LogP contribution in [0.4, 0.5) is 5.69 Å². The van der Waals surface area contributed by atoms with E-state index in [0.29, 0.717) is 0 Å². The normalized spacial score (nSPS) is 12.0. The fraction of sp³-hybridized carbons (Fsp3) is 0.235. The van der Waals surface area contributed by atoms with Crippen LogP contribution >= 0.6 is 11.6 Å². The summed E-state index contributed by atoms with van der Waals surface area (Å²) in [5, 5.41) is 6.97. The third-order valence-electron chi connectivity index (χ3n) is 3.26. The molecule has 0 radical (unpaired) electrons. The quantitative estimate of drug-likeness (QED) is 0.871. The topological polar surface area (TPSA) is 41.1 Å². The minimum Gasteiger partial charge on any atom is -0.326 e. The lowest BCUT2D eigenvalue weighted by Gasteiger charge is -2.14. The highest BCUT2D eigenvalue weighted by Gasteiger charge is 2.04. The number of halogens is 1. The van der Waals surface area contributed by atoms with Crippen LogP contribution in [-0.2, 0) is 11.3 Å². The molecule has 2 N–H and O–H groups in total. The molecule has 0 aliphatic carbocycles. The van der Waals surface area contributed by atoms with Crippen molar-refractivity contribution in [3.63, 3.8) is 0 Å². The fourth-order valence-electron chi connectivity index (χ4n) is 2.05. The molecule has 0 saturated carbocycles. The highest BCUT2D eigenvalue weighted by atomic mass is 35.5. The molecule has 2 rings (SSSR count). The molecule has 1 amide bonds. The van der Waals surface area contributed by atoms with Gasteiger partial charge in [-0.25, -0.2) is 0 Å². The summed E-state index contributed by atoms with van der Waals surface area (Å²) in [5.41, 5.74) is 3.19. The van der Waals surface area contributed by atoms with Gasteiger partial charge in [-0.3, -0.25) is 4.79 Å². The molecule has 4 heteroatoms. The Morgan fingerprint density at radius 3 is 2.29 bits per heavy atom. The third kappa shape index (κ3) is 4.88. The van der Waals surface area contributed by atoms with Crippen LogP contribution in [0.25, 0.3) is 0 Å². The number of hydrogen-bond donors (Lipinski definition) is 2. The molecule has 2 aromatic carbocycles. The SMILES string of the molecule is CC(=O)Nc1ccc(CNC(C)c2ccc(Cl)cc2)cc1. The first-order valence-electron chi connectivity index (χ1n) is 6.90. The number of amides is 1. The molecule has 0 aliphatic rings. The lowest BCUT2D eigenvalue weighted by atomic mass is 10.1. The largest absolute Gasteiger partial charge is 0.326 e. The first kappa shape index (κ1) is 15.5. The Kier molecular flexibility index (Phi) is 5.37. The van der Waals surface area contributed by atoms with Gasteiger partial charge in [0, 0.05) is 30.2 Å². The first-order chi connectivity index (χ1) is 10.0. The van der Waals surface area contributed by atoms with Gasteiger partial charge in [-0.1, -0.05) is 35.9 Å². The maximum atomic E-state index is 11.0. The molecule has 0 aromatic heterocycles. The molecular weight excluding hydrogens is 284 g/mol. The third-order valence-corrected chi connectivity index (χ3v) is 3.51. The number of carbonyl (C=O) groups is 1. The van der Waals surface area contributed by atoms with Crippen molar-refractivity contribution in [1.82, 2.24) is 5.32 Å². The van der Waals surface area contributed by atoms with E-state index in [1.807, 2.05) is 48.5 Å². The molecule has 0 spiro atoms. The van der Waals surface area contributed by atoms with Crippen molar-refractivity contribution in [3.05, 3.63) is 64.7 Å². The van der Waals surface area contributed by atoms with Crippen molar-refractivity contribution < 1.29 is 4.79 Å². The Morgan fingerprint density at radius 2 is 1.71 bits per heavy atom. The summed E-state index contributed by atoms with van der Waals surface area (Å²) in [5.74, 6) is -0.0581.